The Morgan fingerprint density at radius 1 is 0.481 bits per heavy atom. The van der Waals surface area contributed by atoms with Gasteiger partial charge >= 0.3 is 5.97 Å². The van der Waals surface area contributed by atoms with Gasteiger partial charge in [0.15, 0.2) is 12.4 Å². The van der Waals surface area contributed by atoms with Crippen LogP contribution in [0.15, 0.2) is 36.5 Å². The summed E-state index contributed by atoms with van der Waals surface area (Å²) in [6.07, 6.45) is 60.9. The highest BCUT2D eigenvalue weighted by Crippen LogP contribution is 2.26. The van der Waals surface area contributed by atoms with Crippen LogP contribution in [0.2, 0.25) is 0 Å². The van der Waals surface area contributed by atoms with Crippen molar-refractivity contribution in [1.29, 1.82) is 0 Å². The Bertz CT molecular complexity index is 1460. The smallest absolute Gasteiger partial charge is 0.306 e. The predicted octanol–water partition coefficient (Wildman–Crippen LogP) is 17.4. The summed E-state index contributed by atoms with van der Waals surface area (Å²) in [5.74, 6) is -1.25. The SMILES string of the molecule is CCCCCCCC/C=C\C/C=C/CC(O)C(=O)NC(COC1OC(CO)C(O)C(O)C1OC(=O)CCCCCCCCCCCCCCCCCCCCCCCCCCCCC)C(O)/C=C/CCCCCCCCCCCCC. The molecule has 1 aliphatic heterocycles. The Labute approximate surface area is 498 Å². The molecular formula is C70H131NO10. The average Bonchev–Trinajstić information content (AvgIpc) is 3.50. The van der Waals surface area contributed by atoms with Crippen LogP contribution >= 0.6 is 0 Å². The van der Waals surface area contributed by atoms with Gasteiger partial charge in [0.1, 0.15) is 24.4 Å². The van der Waals surface area contributed by atoms with E-state index in [9.17, 15) is 35.1 Å². The molecule has 1 fully saturated rings. The number of carbonyl (C=O) groups excluding carboxylic acids is 2. The number of rotatable bonds is 60. The number of nitrogens with one attached hydrogen (secondary N) is 1. The Kier molecular flexibility index (Phi) is 55.3. The van der Waals surface area contributed by atoms with Crippen LogP contribution in [-0.4, -0.2) is 99.6 Å². The fraction of sp³-hybridized carbons (Fsp3) is 0.886. The second kappa shape index (κ2) is 58.3. The van der Waals surface area contributed by atoms with E-state index in [2.05, 4.69) is 38.2 Å². The molecule has 8 unspecified atom stereocenters. The van der Waals surface area contributed by atoms with Crippen molar-refractivity contribution < 1.29 is 49.3 Å². The highest BCUT2D eigenvalue weighted by Gasteiger charge is 2.47. The molecule has 1 aliphatic rings. The lowest BCUT2D eigenvalue weighted by molar-refractivity contribution is -0.305. The van der Waals surface area contributed by atoms with Crippen molar-refractivity contribution in [3.63, 3.8) is 0 Å². The first-order valence-corrected chi connectivity index (χ1v) is 34.8. The zero-order valence-electron chi connectivity index (χ0n) is 52.9. The molecule has 0 aromatic heterocycles. The molecule has 11 nitrogen and oxygen atoms in total. The van der Waals surface area contributed by atoms with E-state index in [1.165, 1.54) is 244 Å². The second-order valence-electron chi connectivity index (χ2n) is 24.3. The molecule has 1 saturated heterocycles. The number of aliphatic hydroxyl groups excluding tert-OH is 5. The number of allylic oxidation sites excluding steroid dienone is 4. The average molecular weight is 1150 g/mol. The summed E-state index contributed by atoms with van der Waals surface area (Å²) in [5, 5.41) is 56.9. The quantitative estimate of drug-likeness (QED) is 0.0195. The van der Waals surface area contributed by atoms with E-state index in [4.69, 9.17) is 14.2 Å². The molecule has 0 aromatic carbocycles. The molecule has 0 spiro atoms. The van der Waals surface area contributed by atoms with Gasteiger partial charge in [-0.2, -0.15) is 0 Å². The van der Waals surface area contributed by atoms with Crippen molar-refractivity contribution in [2.24, 2.45) is 0 Å². The van der Waals surface area contributed by atoms with Crippen LogP contribution < -0.4 is 5.32 Å². The lowest BCUT2D eigenvalue weighted by atomic mass is 9.99. The van der Waals surface area contributed by atoms with E-state index in [1.807, 2.05) is 12.2 Å². The van der Waals surface area contributed by atoms with Gasteiger partial charge in [0.05, 0.1) is 25.4 Å². The summed E-state index contributed by atoms with van der Waals surface area (Å²) in [5.41, 5.74) is 0. The number of aliphatic hydroxyl groups is 5. The molecule has 1 amide bonds. The number of ether oxygens (including phenoxy) is 3. The number of esters is 1. The van der Waals surface area contributed by atoms with E-state index in [0.29, 0.717) is 12.8 Å². The van der Waals surface area contributed by atoms with E-state index in [0.717, 1.165) is 44.9 Å². The maximum absolute atomic E-state index is 13.4. The summed E-state index contributed by atoms with van der Waals surface area (Å²) in [4.78, 5) is 26.5. The third-order valence-electron chi connectivity index (χ3n) is 16.6. The van der Waals surface area contributed by atoms with Gasteiger partial charge in [0.2, 0.25) is 5.91 Å². The highest BCUT2D eigenvalue weighted by atomic mass is 16.7. The van der Waals surface area contributed by atoms with Gasteiger partial charge in [0.25, 0.3) is 0 Å². The van der Waals surface area contributed by atoms with Gasteiger partial charge in [-0.15, -0.1) is 0 Å². The molecule has 0 aromatic rings. The van der Waals surface area contributed by atoms with Gasteiger partial charge in [-0.3, -0.25) is 9.59 Å². The van der Waals surface area contributed by atoms with E-state index in [1.54, 1.807) is 12.2 Å². The molecule has 6 N–H and O–H groups in total. The first-order chi connectivity index (χ1) is 39.7. The number of carbonyl (C=O) groups is 2. The van der Waals surface area contributed by atoms with Gasteiger partial charge in [-0.1, -0.05) is 320 Å². The summed E-state index contributed by atoms with van der Waals surface area (Å²) in [6.45, 7) is 5.78. The topological polar surface area (TPSA) is 175 Å². The third kappa shape index (κ3) is 45.9. The molecule has 81 heavy (non-hydrogen) atoms. The lowest BCUT2D eigenvalue weighted by Gasteiger charge is -2.41. The summed E-state index contributed by atoms with van der Waals surface area (Å²) >= 11 is 0. The molecular weight excluding hydrogens is 1010 g/mol. The van der Waals surface area contributed by atoms with Crippen LogP contribution in [0.4, 0.5) is 0 Å². The molecule has 0 radical (unpaired) electrons. The maximum Gasteiger partial charge on any atom is 0.306 e. The minimum atomic E-state index is -1.62. The van der Waals surface area contributed by atoms with Crippen molar-refractivity contribution in [1.82, 2.24) is 5.32 Å². The van der Waals surface area contributed by atoms with E-state index in [-0.39, 0.29) is 19.4 Å². The predicted molar refractivity (Wildman–Crippen MR) is 338 cm³/mol. The van der Waals surface area contributed by atoms with Crippen LogP contribution in [0.3, 0.4) is 0 Å². The lowest BCUT2D eigenvalue weighted by Crippen LogP contribution is -2.61. The number of unbranched alkanes of at least 4 members (excludes halogenated alkanes) is 43. The minimum absolute atomic E-state index is 0.0845. The van der Waals surface area contributed by atoms with Crippen LogP contribution in [-0.2, 0) is 23.8 Å². The normalized spacial score (nSPS) is 18.8. The minimum Gasteiger partial charge on any atom is -0.454 e. The molecule has 11 heteroatoms. The Balaban J connectivity index is 2.53. The molecule has 8 atom stereocenters. The molecule has 1 rings (SSSR count). The zero-order valence-corrected chi connectivity index (χ0v) is 52.9. The Morgan fingerprint density at radius 3 is 1.26 bits per heavy atom. The number of hydrogen-bond donors (Lipinski definition) is 6. The highest BCUT2D eigenvalue weighted by molar-refractivity contribution is 5.81. The molecule has 1 heterocycles. The summed E-state index contributed by atoms with van der Waals surface area (Å²) in [6, 6.07) is -1.05. The van der Waals surface area contributed by atoms with Gasteiger partial charge in [-0.25, -0.2) is 0 Å². The van der Waals surface area contributed by atoms with Crippen LogP contribution in [0, 0.1) is 0 Å². The van der Waals surface area contributed by atoms with Crippen LogP contribution in [0.1, 0.15) is 335 Å². The van der Waals surface area contributed by atoms with Crippen LogP contribution in [0.5, 0.6) is 0 Å². The fourth-order valence-corrected chi connectivity index (χ4v) is 11.1. The van der Waals surface area contributed by atoms with E-state index < -0.39 is 67.4 Å². The number of amides is 1. The summed E-state index contributed by atoms with van der Waals surface area (Å²) < 4.78 is 17.6. The van der Waals surface area contributed by atoms with Gasteiger partial charge < -0.3 is 45.1 Å². The van der Waals surface area contributed by atoms with Crippen molar-refractivity contribution in [2.45, 2.75) is 384 Å². The third-order valence-corrected chi connectivity index (χ3v) is 16.6. The first-order valence-electron chi connectivity index (χ1n) is 34.8. The van der Waals surface area contributed by atoms with Crippen LogP contribution in [0.25, 0.3) is 0 Å². The largest absolute Gasteiger partial charge is 0.454 e. The van der Waals surface area contributed by atoms with E-state index >= 15 is 0 Å². The summed E-state index contributed by atoms with van der Waals surface area (Å²) in [7, 11) is 0. The van der Waals surface area contributed by atoms with Gasteiger partial charge in [0, 0.05) is 12.8 Å². The molecule has 0 saturated carbocycles. The van der Waals surface area contributed by atoms with Crippen molar-refractivity contribution in [3.05, 3.63) is 36.5 Å². The zero-order chi connectivity index (χ0) is 58.9. The Morgan fingerprint density at radius 2 is 0.852 bits per heavy atom. The molecule has 0 aliphatic carbocycles. The van der Waals surface area contributed by atoms with Crippen molar-refractivity contribution in [2.75, 3.05) is 13.2 Å². The maximum atomic E-state index is 13.4. The van der Waals surface area contributed by atoms with Crippen molar-refractivity contribution in [3.8, 4) is 0 Å². The number of hydrogen-bond acceptors (Lipinski definition) is 10. The molecule has 476 valence electrons. The van der Waals surface area contributed by atoms with Crippen molar-refractivity contribution >= 4 is 11.9 Å². The first kappa shape index (κ1) is 76.9. The van der Waals surface area contributed by atoms with Gasteiger partial charge in [-0.05, 0) is 38.5 Å². The monoisotopic (exact) mass is 1150 g/mol. The standard InChI is InChI=1S/C70H131NO10/c1-4-7-10-13-16-19-22-25-26-27-28-29-30-31-32-33-34-35-36-37-38-40-43-46-49-52-55-58-65(75)81-68-67(77)66(76)64(59-72)80-70(68)79-60-61(62(73)56-53-50-47-44-42-39-23-20-17-14-11-8-5-2)71-69(78)63(74)57-54-51-48-45-41-24-21-18-15-12-9-6-3/h41,45,51,53-54,56,61-64,66-68,70,72-74,76-77H,4-40,42-44,46-50,52,55,57-60H2,1-3H3,(H,71,78)/b45-41-,54-51+,56-53+. The second-order valence-corrected chi connectivity index (χ2v) is 24.3. The fourth-order valence-electron chi connectivity index (χ4n) is 11.1. The Hall–Kier alpha value is -2.12. The molecule has 0 bridgehead atoms.